The Bertz CT molecular complexity index is 380. The van der Waals surface area contributed by atoms with Gasteiger partial charge in [0.1, 0.15) is 5.60 Å². The van der Waals surface area contributed by atoms with Crippen LogP contribution in [0.15, 0.2) is 30.3 Å². The van der Waals surface area contributed by atoms with E-state index in [-0.39, 0.29) is 13.0 Å². The summed E-state index contributed by atoms with van der Waals surface area (Å²) in [5, 5.41) is 10.5. The number of ether oxygens (including phenoxy) is 1. The molecule has 1 aromatic carbocycles. The summed E-state index contributed by atoms with van der Waals surface area (Å²) < 4.78 is 18.8. The average molecular weight is 254 g/mol. The first-order valence-corrected chi connectivity index (χ1v) is 6.14. The molecule has 0 fully saturated rings. The summed E-state index contributed by atoms with van der Waals surface area (Å²) in [5.41, 5.74) is -1.42. The maximum absolute atomic E-state index is 14.2. The van der Waals surface area contributed by atoms with Gasteiger partial charge in [-0.15, -0.1) is 0 Å². The Kier molecular flexibility index (Phi) is 5.28. The first-order valence-electron chi connectivity index (χ1n) is 6.14. The molecule has 0 saturated heterocycles. The van der Waals surface area contributed by atoms with Gasteiger partial charge in [-0.25, -0.2) is 9.18 Å². The molecule has 0 saturated carbocycles. The van der Waals surface area contributed by atoms with Crippen LogP contribution in [0.1, 0.15) is 32.3 Å². The summed E-state index contributed by atoms with van der Waals surface area (Å²) in [6.45, 7) is 3.52. The van der Waals surface area contributed by atoms with E-state index in [0.29, 0.717) is 12.0 Å². The van der Waals surface area contributed by atoms with Crippen molar-refractivity contribution in [2.75, 3.05) is 6.61 Å². The topological polar surface area (TPSA) is 46.5 Å². The second-order valence-electron chi connectivity index (χ2n) is 4.15. The fourth-order valence-corrected chi connectivity index (χ4v) is 1.94. The third kappa shape index (κ3) is 3.07. The van der Waals surface area contributed by atoms with Crippen LogP contribution in [0, 0.1) is 0 Å². The lowest BCUT2D eigenvalue weighted by molar-refractivity contribution is -0.162. The maximum Gasteiger partial charge on any atom is 0.344 e. The van der Waals surface area contributed by atoms with Gasteiger partial charge in [0.05, 0.1) is 6.61 Å². The molecular formula is C14H19FO3. The van der Waals surface area contributed by atoms with Crippen molar-refractivity contribution in [3.05, 3.63) is 35.9 Å². The molecule has 0 heterocycles. The zero-order valence-electron chi connectivity index (χ0n) is 10.7. The molecule has 0 aliphatic carbocycles. The van der Waals surface area contributed by atoms with E-state index >= 15 is 0 Å². The smallest absolute Gasteiger partial charge is 0.344 e. The number of carbonyl (C=O) groups excluding carboxylic acids is 1. The molecule has 0 aromatic heterocycles. The molecule has 0 aliphatic heterocycles. The van der Waals surface area contributed by atoms with Gasteiger partial charge in [-0.05, 0) is 18.9 Å². The van der Waals surface area contributed by atoms with Gasteiger partial charge in [-0.1, -0.05) is 43.7 Å². The normalized spacial score (nSPS) is 15.8. The first kappa shape index (κ1) is 14.6. The van der Waals surface area contributed by atoms with Crippen LogP contribution in [-0.4, -0.2) is 23.9 Å². The summed E-state index contributed by atoms with van der Waals surface area (Å²) in [7, 11) is 0. The van der Waals surface area contributed by atoms with Crippen LogP contribution >= 0.6 is 0 Å². The molecule has 3 nitrogen and oxygen atoms in total. The Morgan fingerprint density at radius 1 is 1.39 bits per heavy atom. The predicted octanol–water partition coefficient (Wildman–Crippen LogP) is 2.58. The number of aliphatic hydroxyl groups is 1. The second kappa shape index (κ2) is 6.50. The van der Waals surface area contributed by atoms with Crippen LogP contribution in [0.4, 0.5) is 4.39 Å². The SMILES string of the molecule is CCC[C@](O)(c1ccccc1)[C@H](F)C(=O)OCC. The lowest BCUT2D eigenvalue weighted by atomic mass is 9.85. The number of rotatable bonds is 6. The van der Waals surface area contributed by atoms with E-state index in [4.69, 9.17) is 0 Å². The number of alkyl halides is 1. The van der Waals surface area contributed by atoms with Gasteiger partial charge in [0.2, 0.25) is 6.17 Å². The monoisotopic (exact) mass is 254 g/mol. The standard InChI is InChI=1S/C14H19FO3/c1-3-10-14(17,11-8-6-5-7-9-11)12(15)13(16)18-4-2/h5-9,12,17H,3-4,10H2,1-2H3/t12-,14+/m1/s1. The number of hydrogen-bond donors (Lipinski definition) is 1. The van der Waals surface area contributed by atoms with Crippen molar-refractivity contribution in [1.29, 1.82) is 0 Å². The van der Waals surface area contributed by atoms with E-state index in [2.05, 4.69) is 4.74 Å². The van der Waals surface area contributed by atoms with Gasteiger partial charge in [0, 0.05) is 0 Å². The van der Waals surface area contributed by atoms with Crippen LogP contribution in [0.2, 0.25) is 0 Å². The number of halogens is 1. The molecule has 18 heavy (non-hydrogen) atoms. The molecule has 0 amide bonds. The van der Waals surface area contributed by atoms with Crippen LogP contribution in [0.25, 0.3) is 0 Å². The molecule has 2 atom stereocenters. The second-order valence-corrected chi connectivity index (χ2v) is 4.15. The van der Waals surface area contributed by atoms with Crippen molar-refractivity contribution >= 4 is 5.97 Å². The van der Waals surface area contributed by atoms with Crippen LogP contribution in [0.5, 0.6) is 0 Å². The summed E-state index contributed by atoms with van der Waals surface area (Å²) in [6, 6.07) is 8.40. The van der Waals surface area contributed by atoms with E-state index < -0.39 is 17.7 Å². The van der Waals surface area contributed by atoms with E-state index in [0.717, 1.165) is 0 Å². The molecular weight excluding hydrogens is 235 g/mol. The van der Waals surface area contributed by atoms with Crippen LogP contribution in [-0.2, 0) is 15.1 Å². The van der Waals surface area contributed by atoms with Crippen LogP contribution in [0.3, 0.4) is 0 Å². The lowest BCUT2D eigenvalue weighted by Gasteiger charge is -2.30. The highest BCUT2D eigenvalue weighted by Crippen LogP contribution is 2.32. The van der Waals surface area contributed by atoms with E-state index in [1.54, 1.807) is 37.3 Å². The largest absolute Gasteiger partial charge is 0.464 e. The van der Waals surface area contributed by atoms with Crippen molar-refractivity contribution in [2.24, 2.45) is 0 Å². The zero-order chi connectivity index (χ0) is 13.6. The Balaban J connectivity index is 3.03. The molecule has 0 radical (unpaired) electrons. The number of carbonyl (C=O) groups is 1. The van der Waals surface area contributed by atoms with Crippen molar-refractivity contribution < 1.29 is 19.0 Å². The molecule has 0 unspecified atom stereocenters. The molecule has 1 N–H and O–H groups in total. The highest BCUT2D eigenvalue weighted by Gasteiger charge is 2.43. The third-order valence-corrected chi connectivity index (χ3v) is 2.82. The summed E-state index contributed by atoms with van der Waals surface area (Å²) in [6.07, 6.45) is -1.35. The van der Waals surface area contributed by atoms with Crippen molar-refractivity contribution in [3.63, 3.8) is 0 Å². The van der Waals surface area contributed by atoms with E-state index in [1.807, 2.05) is 6.92 Å². The summed E-state index contributed by atoms with van der Waals surface area (Å²) in [4.78, 5) is 11.5. The first-order chi connectivity index (χ1) is 8.56. The van der Waals surface area contributed by atoms with Gasteiger partial charge in [-0.2, -0.15) is 0 Å². The van der Waals surface area contributed by atoms with Gasteiger partial charge in [-0.3, -0.25) is 0 Å². The molecule has 100 valence electrons. The van der Waals surface area contributed by atoms with Gasteiger partial charge >= 0.3 is 5.97 Å². The molecule has 0 spiro atoms. The lowest BCUT2D eigenvalue weighted by Crippen LogP contribution is -2.42. The fraction of sp³-hybridized carbons (Fsp3) is 0.500. The molecule has 1 rings (SSSR count). The van der Waals surface area contributed by atoms with E-state index in [1.165, 1.54) is 0 Å². The summed E-state index contributed by atoms with van der Waals surface area (Å²) in [5.74, 6) is -1.02. The van der Waals surface area contributed by atoms with Crippen molar-refractivity contribution in [2.45, 2.75) is 38.5 Å². The maximum atomic E-state index is 14.2. The number of esters is 1. The predicted molar refractivity (Wildman–Crippen MR) is 66.8 cm³/mol. The fourth-order valence-electron chi connectivity index (χ4n) is 1.94. The Morgan fingerprint density at radius 3 is 2.50 bits per heavy atom. The Labute approximate surface area is 107 Å². The minimum absolute atomic E-state index is 0.0935. The van der Waals surface area contributed by atoms with Crippen LogP contribution < -0.4 is 0 Å². The third-order valence-electron chi connectivity index (χ3n) is 2.82. The molecule has 1 aromatic rings. The number of benzene rings is 1. The van der Waals surface area contributed by atoms with Crippen molar-refractivity contribution in [1.82, 2.24) is 0 Å². The Morgan fingerprint density at radius 2 is 2.00 bits per heavy atom. The number of hydrogen-bond acceptors (Lipinski definition) is 3. The van der Waals surface area contributed by atoms with Gasteiger partial charge < -0.3 is 9.84 Å². The molecule has 0 aliphatic rings. The molecule has 4 heteroatoms. The van der Waals surface area contributed by atoms with Gasteiger partial charge in [0.25, 0.3) is 0 Å². The summed E-state index contributed by atoms with van der Waals surface area (Å²) >= 11 is 0. The highest BCUT2D eigenvalue weighted by molar-refractivity contribution is 5.76. The quantitative estimate of drug-likeness (QED) is 0.794. The highest BCUT2D eigenvalue weighted by atomic mass is 19.1. The zero-order valence-corrected chi connectivity index (χ0v) is 10.7. The minimum Gasteiger partial charge on any atom is -0.464 e. The average Bonchev–Trinajstić information content (AvgIpc) is 2.39. The molecule has 0 bridgehead atoms. The minimum atomic E-state index is -2.07. The van der Waals surface area contributed by atoms with Crippen molar-refractivity contribution in [3.8, 4) is 0 Å². The van der Waals surface area contributed by atoms with Gasteiger partial charge in [0.15, 0.2) is 0 Å². The Hall–Kier alpha value is -1.42. The van der Waals surface area contributed by atoms with E-state index in [9.17, 15) is 14.3 Å².